The number of piperidine rings is 1. The van der Waals surface area contributed by atoms with E-state index in [-0.39, 0.29) is 17.9 Å². The number of rotatable bonds is 4. The minimum atomic E-state index is -0.779. The molecular weight excluding hydrogens is 336 g/mol. The third kappa shape index (κ3) is 3.78. The van der Waals surface area contributed by atoms with E-state index >= 15 is 0 Å². The van der Waals surface area contributed by atoms with Crippen LogP contribution in [0.5, 0.6) is 0 Å². The van der Waals surface area contributed by atoms with Crippen molar-refractivity contribution in [3.05, 3.63) is 66.2 Å². The molecule has 0 radical (unpaired) electrons. The molecule has 1 heterocycles. The number of hydrogen-bond acceptors (Lipinski definition) is 3. The number of anilines is 1. The fraction of sp³-hybridized carbons (Fsp3) is 0.435. The van der Waals surface area contributed by atoms with Crippen LogP contribution in [0.3, 0.4) is 0 Å². The van der Waals surface area contributed by atoms with Gasteiger partial charge in [0.15, 0.2) is 0 Å². The zero-order valence-corrected chi connectivity index (χ0v) is 15.7. The van der Waals surface area contributed by atoms with Gasteiger partial charge in [0.2, 0.25) is 5.91 Å². The molecule has 0 unspecified atom stereocenters. The molecular formula is C23H28N2O2. The molecule has 1 saturated carbocycles. The predicted molar refractivity (Wildman–Crippen MR) is 107 cm³/mol. The molecule has 1 aliphatic heterocycles. The Labute approximate surface area is 161 Å². The van der Waals surface area contributed by atoms with Gasteiger partial charge in [0.05, 0.1) is 12.1 Å². The summed E-state index contributed by atoms with van der Waals surface area (Å²) in [6, 6.07) is 20.0. The van der Waals surface area contributed by atoms with Crippen LogP contribution >= 0.6 is 0 Å². The molecule has 142 valence electrons. The van der Waals surface area contributed by atoms with E-state index in [2.05, 4.69) is 10.2 Å². The molecule has 2 N–H and O–H groups in total. The lowest BCUT2D eigenvalue weighted by Gasteiger charge is -2.52. The van der Waals surface area contributed by atoms with Crippen molar-refractivity contribution in [2.24, 2.45) is 5.92 Å². The molecule has 4 nitrogen and oxygen atoms in total. The largest absolute Gasteiger partial charge is 0.385 e. The smallest absolute Gasteiger partial charge is 0.238 e. The van der Waals surface area contributed by atoms with Crippen molar-refractivity contribution < 1.29 is 9.90 Å². The molecule has 1 saturated heterocycles. The summed E-state index contributed by atoms with van der Waals surface area (Å²) in [6.07, 6.45) is 5.07. The quantitative estimate of drug-likeness (QED) is 0.868. The van der Waals surface area contributed by atoms with Gasteiger partial charge in [-0.1, -0.05) is 61.4 Å². The number of nitrogens with zero attached hydrogens (tertiary/aromatic N) is 1. The van der Waals surface area contributed by atoms with E-state index in [0.717, 1.165) is 37.1 Å². The normalized spacial score (nSPS) is 28.3. The number of amides is 1. The molecule has 4 heteroatoms. The second-order valence-electron chi connectivity index (χ2n) is 7.88. The van der Waals surface area contributed by atoms with Crippen molar-refractivity contribution >= 4 is 11.6 Å². The first-order valence-corrected chi connectivity index (χ1v) is 10.0. The van der Waals surface area contributed by atoms with Gasteiger partial charge in [0.25, 0.3) is 0 Å². The Morgan fingerprint density at radius 3 is 2.44 bits per heavy atom. The first-order valence-electron chi connectivity index (χ1n) is 10.0. The first kappa shape index (κ1) is 18.2. The average Bonchev–Trinajstić information content (AvgIpc) is 2.72. The van der Waals surface area contributed by atoms with E-state index in [1.807, 2.05) is 60.7 Å². The molecule has 2 aromatic rings. The second kappa shape index (κ2) is 7.83. The molecule has 0 aromatic heterocycles. The summed E-state index contributed by atoms with van der Waals surface area (Å²) in [5, 5.41) is 14.6. The molecule has 0 bridgehead atoms. The predicted octanol–water partition coefficient (Wildman–Crippen LogP) is 3.78. The number of carbonyl (C=O) groups is 1. The highest BCUT2D eigenvalue weighted by Crippen LogP contribution is 2.46. The highest BCUT2D eigenvalue weighted by molar-refractivity contribution is 5.92. The minimum absolute atomic E-state index is 0.0238. The number of aliphatic hydroxyl groups is 1. The maximum absolute atomic E-state index is 12.6. The molecule has 2 fully saturated rings. The summed E-state index contributed by atoms with van der Waals surface area (Å²) >= 11 is 0. The Kier molecular flexibility index (Phi) is 5.28. The summed E-state index contributed by atoms with van der Waals surface area (Å²) in [5.74, 6) is 0.211. The molecule has 4 rings (SSSR count). The van der Waals surface area contributed by atoms with Crippen LogP contribution in [0.4, 0.5) is 5.69 Å². The van der Waals surface area contributed by atoms with Crippen molar-refractivity contribution in [3.63, 3.8) is 0 Å². The number of carbonyl (C=O) groups excluding carboxylic acids is 1. The highest BCUT2D eigenvalue weighted by Gasteiger charge is 2.49. The van der Waals surface area contributed by atoms with Gasteiger partial charge in [-0.25, -0.2) is 0 Å². The van der Waals surface area contributed by atoms with Crippen LogP contribution in [0.2, 0.25) is 0 Å². The number of likely N-dealkylation sites (tertiary alicyclic amines) is 1. The topological polar surface area (TPSA) is 52.6 Å². The first-order chi connectivity index (χ1) is 13.2. The van der Waals surface area contributed by atoms with E-state index in [1.54, 1.807) is 0 Å². The van der Waals surface area contributed by atoms with Crippen LogP contribution in [-0.4, -0.2) is 35.0 Å². The van der Waals surface area contributed by atoms with Crippen molar-refractivity contribution in [2.45, 2.75) is 43.7 Å². The van der Waals surface area contributed by atoms with Gasteiger partial charge >= 0.3 is 0 Å². The SMILES string of the molecule is O=C(CN1CC[C@@](O)(c2ccccc2)[C@H]2CCCC[C@H]21)Nc1ccccc1. The fourth-order valence-electron chi connectivity index (χ4n) is 4.96. The number of benzene rings is 2. The van der Waals surface area contributed by atoms with E-state index in [4.69, 9.17) is 0 Å². The molecule has 27 heavy (non-hydrogen) atoms. The summed E-state index contributed by atoms with van der Waals surface area (Å²) < 4.78 is 0. The third-order valence-electron chi connectivity index (χ3n) is 6.27. The number of para-hydroxylation sites is 1. The summed E-state index contributed by atoms with van der Waals surface area (Å²) in [7, 11) is 0. The molecule has 3 atom stereocenters. The molecule has 1 aliphatic carbocycles. The van der Waals surface area contributed by atoms with Crippen LogP contribution in [-0.2, 0) is 10.4 Å². The van der Waals surface area contributed by atoms with Gasteiger partial charge in [0, 0.05) is 24.2 Å². The van der Waals surface area contributed by atoms with E-state index in [9.17, 15) is 9.90 Å². The minimum Gasteiger partial charge on any atom is -0.385 e. The molecule has 0 spiro atoms. The van der Waals surface area contributed by atoms with Gasteiger partial charge in [0.1, 0.15) is 0 Å². The Morgan fingerprint density at radius 1 is 1.04 bits per heavy atom. The number of fused-ring (bicyclic) bond motifs is 1. The van der Waals surface area contributed by atoms with Gasteiger partial charge in [-0.15, -0.1) is 0 Å². The maximum Gasteiger partial charge on any atom is 0.238 e. The Morgan fingerprint density at radius 2 is 1.70 bits per heavy atom. The van der Waals surface area contributed by atoms with Gasteiger partial charge in [-0.2, -0.15) is 0 Å². The van der Waals surface area contributed by atoms with Crippen LogP contribution in [0, 0.1) is 5.92 Å². The Bertz CT molecular complexity index is 764. The van der Waals surface area contributed by atoms with Crippen LogP contribution in [0.1, 0.15) is 37.7 Å². The molecule has 1 amide bonds. The maximum atomic E-state index is 12.6. The lowest BCUT2D eigenvalue weighted by Crippen LogP contribution is -2.58. The third-order valence-corrected chi connectivity index (χ3v) is 6.27. The summed E-state index contributed by atoms with van der Waals surface area (Å²) in [5.41, 5.74) is 1.08. The van der Waals surface area contributed by atoms with Crippen LogP contribution in [0.25, 0.3) is 0 Å². The van der Waals surface area contributed by atoms with Gasteiger partial charge in [-0.3, -0.25) is 9.69 Å². The van der Waals surface area contributed by atoms with E-state index < -0.39 is 5.60 Å². The second-order valence-corrected chi connectivity index (χ2v) is 7.88. The van der Waals surface area contributed by atoms with Crippen molar-refractivity contribution in [1.82, 2.24) is 4.90 Å². The molecule has 2 aromatic carbocycles. The van der Waals surface area contributed by atoms with Crippen LogP contribution in [0.15, 0.2) is 60.7 Å². The Hall–Kier alpha value is -2.17. The van der Waals surface area contributed by atoms with Crippen LogP contribution < -0.4 is 5.32 Å². The van der Waals surface area contributed by atoms with Gasteiger partial charge in [-0.05, 0) is 37.0 Å². The summed E-state index contributed by atoms with van der Waals surface area (Å²) in [4.78, 5) is 14.9. The van der Waals surface area contributed by atoms with Crippen molar-refractivity contribution in [2.75, 3.05) is 18.4 Å². The Balaban J connectivity index is 1.49. The zero-order chi connectivity index (χ0) is 18.7. The van der Waals surface area contributed by atoms with E-state index in [1.165, 1.54) is 6.42 Å². The lowest BCUT2D eigenvalue weighted by atomic mass is 9.66. The van der Waals surface area contributed by atoms with Crippen molar-refractivity contribution in [1.29, 1.82) is 0 Å². The number of nitrogens with one attached hydrogen (secondary N) is 1. The average molecular weight is 364 g/mol. The standard InChI is InChI=1S/C23H28N2O2/c26-22(24-19-11-5-2-6-12-19)17-25-16-15-23(27,18-9-3-1-4-10-18)20-13-7-8-14-21(20)25/h1-6,9-12,20-21,27H,7-8,13-17H2,(H,24,26)/t20-,21+,23+/m0/s1. The van der Waals surface area contributed by atoms with Crippen molar-refractivity contribution in [3.8, 4) is 0 Å². The van der Waals surface area contributed by atoms with E-state index in [0.29, 0.717) is 13.0 Å². The number of hydrogen-bond donors (Lipinski definition) is 2. The van der Waals surface area contributed by atoms with Gasteiger partial charge < -0.3 is 10.4 Å². The highest BCUT2D eigenvalue weighted by atomic mass is 16.3. The lowest BCUT2D eigenvalue weighted by molar-refractivity contribution is -0.133. The zero-order valence-electron chi connectivity index (χ0n) is 15.7. The fourth-order valence-corrected chi connectivity index (χ4v) is 4.96. The molecule has 2 aliphatic rings. The summed E-state index contributed by atoms with van der Waals surface area (Å²) in [6.45, 7) is 1.13. The monoisotopic (exact) mass is 364 g/mol.